The molecule has 0 radical (unpaired) electrons. The Morgan fingerprint density at radius 2 is 1.85 bits per heavy atom. The minimum atomic E-state index is -0.637. The van der Waals surface area contributed by atoms with Gasteiger partial charge >= 0.3 is 5.97 Å². The standard InChI is InChI=1S/C24H40O2/c1-16(7-12-22(25)26)19-10-11-20-18-9-8-17-6-4-5-14-23(17,2)21(18)13-15-24(19,20)3/h16-21H,4-15H2,1-3H3,(H,25,26)/t16-,17+,18+,19-,20+,21+,23+,24-/m1/s1/i4D/t4?,16-,17+,18+,19-,20+,21+,23+,24-. The van der Waals surface area contributed by atoms with Gasteiger partial charge in [-0.3, -0.25) is 4.79 Å². The summed E-state index contributed by atoms with van der Waals surface area (Å²) in [6.07, 6.45) is 13.1. The monoisotopic (exact) mass is 361 g/mol. The first-order valence-corrected chi connectivity index (χ1v) is 11.4. The van der Waals surface area contributed by atoms with E-state index in [1.165, 1.54) is 44.9 Å². The van der Waals surface area contributed by atoms with Gasteiger partial charge in [0.1, 0.15) is 0 Å². The van der Waals surface area contributed by atoms with Crippen molar-refractivity contribution in [3.8, 4) is 0 Å². The highest BCUT2D eigenvalue weighted by Crippen LogP contribution is 2.68. The topological polar surface area (TPSA) is 37.3 Å². The van der Waals surface area contributed by atoms with Crippen LogP contribution in [-0.4, -0.2) is 11.1 Å². The Morgan fingerprint density at radius 3 is 2.62 bits per heavy atom. The van der Waals surface area contributed by atoms with E-state index < -0.39 is 5.97 Å². The molecule has 0 saturated heterocycles. The van der Waals surface area contributed by atoms with E-state index in [4.69, 9.17) is 6.48 Å². The number of aliphatic carboxylic acids is 1. The van der Waals surface area contributed by atoms with E-state index >= 15 is 0 Å². The number of carboxylic acids is 1. The molecule has 4 aliphatic carbocycles. The molecule has 2 nitrogen and oxygen atoms in total. The lowest BCUT2D eigenvalue weighted by molar-refractivity contribution is -0.137. The molecule has 2 heteroatoms. The van der Waals surface area contributed by atoms with Gasteiger partial charge in [0.05, 0.1) is 0 Å². The summed E-state index contributed by atoms with van der Waals surface area (Å²) in [4.78, 5) is 11.0. The SMILES string of the molecule is [2H]C1CC[C@@]2(C)[C@H](CC[C@@H]3[C@@H]2CC[C@]2(C)[C@@H]([C@H](C)CCC(=O)O)CC[C@@H]32)C1. The second-order valence-electron chi connectivity index (χ2n) is 10.9. The van der Waals surface area contributed by atoms with E-state index in [1.807, 2.05) is 0 Å². The van der Waals surface area contributed by atoms with Gasteiger partial charge in [-0.1, -0.05) is 33.6 Å². The molecule has 0 spiro atoms. The van der Waals surface area contributed by atoms with Gasteiger partial charge in [-0.25, -0.2) is 0 Å². The highest BCUT2D eigenvalue weighted by molar-refractivity contribution is 5.66. The molecule has 1 unspecified atom stereocenters. The molecule has 0 bridgehead atoms. The number of rotatable bonds is 4. The van der Waals surface area contributed by atoms with Crippen molar-refractivity contribution < 1.29 is 11.3 Å². The van der Waals surface area contributed by atoms with Crippen molar-refractivity contribution in [3.63, 3.8) is 0 Å². The van der Waals surface area contributed by atoms with Crippen molar-refractivity contribution >= 4 is 5.97 Å². The summed E-state index contributed by atoms with van der Waals surface area (Å²) in [5, 5.41) is 9.10. The number of fused-ring (bicyclic) bond motifs is 5. The zero-order valence-electron chi connectivity index (χ0n) is 18.2. The lowest BCUT2D eigenvalue weighted by atomic mass is 9.44. The van der Waals surface area contributed by atoms with Gasteiger partial charge in [0.25, 0.3) is 0 Å². The Labute approximate surface area is 161 Å². The van der Waals surface area contributed by atoms with Crippen molar-refractivity contribution in [3.05, 3.63) is 0 Å². The van der Waals surface area contributed by atoms with Crippen LogP contribution in [0.1, 0.15) is 99.2 Å². The average Bonchev–Trinajstić information content (AvgIpc) is 2.97. The lowest BCUT2D eigenvalue weighted by Crippen LogP contribution is -2.53. The Kier molecular flexibility index (Phi) is 4.60. The normalized spacial score (nSPS) is 52.3. The van der Waals surface area contributed by atoms with Crippen LogP contribution in [0.4, 0.5) is 0 Å². The van der Waals surface area contributed by atoms with Crippen molar-refractivity contribution in [2.45, 2.75) is 97.8 Å². The largest absolute Gasteiger partial charge is 0.481 e. The van der Waals surface area contributed by atoms with Gasteiger partial charge in [-0.15, -0.1) is 0 Å². The van der Waals surface area contributed by atoms with Gasteiger partial charge in [-0.05, 0) is 104 Å². The average molecular weight is 362 g/mol. The smallest absolute Gasteiger partial charge is 0.303 e. The molecule has 4 rings (SSSR count). The molecule has 4 fully saturated rings. The maximum atomic E-state index is 11.0. The van der Waals surface area contributed by atoms with Crippen molar-refractivity contribution in [2.75, 3.05) is 0 Å². The molecule has 0 aromatic carbocycles. The third-order valence-corrected chi connectivity index (χ3v) is 9.98. The van der Waals surface area contributed by atoms with Gasteiger partial charge < -0.3 is 5.11 Å². The quantitative estimate of drug-likeness (QED) is 0.617. The molecule has 0 aromatic heterocycles. The zero-order chi connectivity index (χ0) is 19.4. The maximum absolute atomic E-state index is 11.0. The van der Waals surface area contributed by atoms with E-state index in [1.54, 1.807) is 0 Å². The molecular weight excluding hydrogens is 320 g/mol. The summed E-state index contributed by atoms with van der Waals surface area (Å²) < 4.78 is 8.26. The molecule has 148 valence electrons. The molecule has 0 aromatic rings. The fraction of sp³-hybridized carbons (Fsp3) is 0.958. The van der Waals surface area contributed by atoms with Crippen LogP contribution in [-0.2, 0) is 4.79 Å². The second-order valence-corrected chi connectivity index (χ2v) is 10.9. The first-order valence-electron chi connectivity index (χ1n) is 12.0. The number of carbonyl (C=O) groups is 1. The minimum absolute atomic E-state index is 0.194. The van der Waals surface area contributed by atoms with E-state index in [2.05, 4.69) is 20.8 Å². The summed E-state index contributed by atoms with van der Waals surface area (Å²) in [5.41, 5.74) is 0.934. The van der Waals surface area contributed by atoms with Gasteiger partial charge in [0.2, 0.25) is 0 Å². The van der Waals surface area contributed by atoms with Crippen LogP contribution in [0.3, 0.4) is 0 Å². The molecule has 26 heavy (non-hydrogen) atoms. The molecule has 0 aliphatic heterocycles. The number of hydrogen-bond acceptors (Lipinski definition) is 1. The molecule has 4 aliphatic rings. The summed E-state index contributed by atoms with van der Waals surface area (Å²) >= 11 is 0. The summed E-state index contributed by atoms with van der Waals surface area (Å²) in [5.74, 6) is 4.06. The Morgan fingerprint density at radius 1 is 1.08 bits per heavy atom. The van der Waals surface area contributed by atoms with Crippen LogP contribution in [0.15, 0.2) is 0 Å². The van der Waals surface area contributed by atoms with Gasteiger partial charge in [-0.2, -0.15) is 0 Å². The summed E-state index contributed by atoms with van der Waals surface area (Å²) in [6.45, 7) is 7.48. The van der Waals surface area contributed by atoms with Crippen LogP contribution in [0.25, 0.3) is 0 Å². The van der Waals surface area contributed by atoms with E-state index in [0.29, 0.717) is 23.2 Å². The summed E-state index contributed by atoms with van der Waals surface area (Å²) in [6, 6.07) is 0. The highest BCUT2D eigenvalue weighted by Gasteiger charge is 2.60. The zero-order valence-corrected chi connectivity index (χ0v) is 17.2. The third kappa shape index (κ3) is 2.85. The Bertz CT molecular complexity index is 577. The molecule has 0 heterocycles. The Hall–Kier alpha value is -0.530. The fourth-order valence-electron chi connectivity index (χ4n) is 8.57. The van der Waals surface area contributed by atoms with Crippen LogP contribution >= 0.6 is 0 Å². The first kappa shape index (κ1) is 17.6. The van der Waals surface area contributed by atoms with E-state index in [-0.39, 0.29) is 6.40 Å². The Balaban J connectivity index is 1.51. The van der Waals surface area contributed by atoms with Crippen LogP contribution < -0.4 is 0 Å². The minimum Gasteiger partial charge on any atom is -0.481 e. The molecule has 4 saturated carbocycles. The molecular formula is C24H40O2. The lowest BCUT2D eigenvalue weighted by Gasteiger charge is -2.61. The second kappa shape index (κ2) is 6.82. The third-order valence-electron chi connectivity index (χ3n) is 9.98. The summed E-state index contributed by atoms with van der Waals surface area (Å²) in [7, 11) is 0. The predicted molar refractivity (Wildman–Crippen MR) is 106 cm³/mol. The number of carboxylic acid groups (broad SMARTS) is 1. The number of hydrogen-bond donors (Lipinski definition) is 1. The van der Waals surface area contributed by atoms with Crippen LogP contribution in [0.2, 0.25) is 0 Å². The van der Waals surface area contributed by atoms with Crippen LogP contribution in [0.5, 0.6) is 0 Å². The van der Waals surface area contributed by atoms with Crippen molar-refractivity contribution in [2.24, 2.45) is 46.3 Å². The molecule has 1 N–H and O–H groups in total. The molecule has 0 amide bonds. The van der Waals surface area contributed by atoms with Crippen LogP contribution in [0, 0.1) is 46.3 Å². The predicted octanol–water partition coefficient (Wildman–Crippen LogP) is 6.54. The highest BCUT2D eigenvalue weighted by atomic mass is 16.4. The maximum Gasteiger partial charge on any atom is 0.303 e. The van der Waals surface area contributed by atoms with Gasteiger partial charge in [0, 0.05) is 7.79 Å². The fourth-order valence-corrected chi connectivity index (χ4v) is 8.57. The van der Waals surface area contributed by atoms with Crippen molar-refractivity contribution in [1.29, 1.82) is 0 Å². The molecule has 9 atom stereocenters. The van der Waals surface area contributed by atoms with E-state index in [9.17, 15) is 4.79 Å². The van der Waals surface area contributed by atoms with Crippen molar-refractivity contribution in [1.82, 2.24) is 0 Å². The van der Waals surface area contributed by atoms with E-state index in [0.717, 1.165) is 48.9 Å². The first-order chi connectivity index (χ1) is 12.8. The van der Waals surface area contributed by atoms with Gasteiger partial charge in [0.15, 0.2) is 0 Å².